The van der Waals surface area contributed by atoms with Gasteiger partial charge in [-0.1, -0.05) is 0 Å². The first-order valence-electron chi connectivity index (χ1n) is 6.91. The predicted molar refractivity (Wildman–Crippen MR) is 72.6 cm³/mol. The second-order valence-electron chi connectivity index (χ2n) is 5.21. The second-order valence-corrected chi connectivity index (χ2v) is 5.21. The van der Waals surface area contributed by atoms with E-state index < -0.39 is 30.1 Å². The van der Waals surface area contributed by atoms with E-state index in [-0.39, 0.29) is 32.2 Å². The molecule has 120 valence electrons. The number of aliphatic hydroxyl groups excluding tert-OH is 1. The highest BCUT2D eigenvalue weighted by molar-refractivity contribution is 5.86. The van der Waals surface area contributed by atoms with Crippen LogP contribution in [-0.4, -0.2) is 75.9 Å². The summed E-state index contributed by atoms with van der Waals surface area (Å²) in [7, 11) is 0. The van der Waals surface area contributed by atoms with E-state index in [1.54, 1.807) is 20.8 Å². The number of carboxylic acid groups (broad SMARTS) is 1. The zero-order valence-electron chi connectivity index (χ0n) is 12.5. The van der Waals surface area contributed by atoms with Crippen LogP contribution in [0.1, 0.15) is 27.2 Å². The minimum absolute atomic E-state index is 0.00752. The third-order valence-electron chi connectivity index (χ3n) is 3.28. The summed E-state index contributed by atoms with van der Waals surface area (Å²) in [6.45, 7) is 5.01. The Bertz CT molecular complexity index is 411. The van der Waals surface area contributed by atoms with E-state index in [1.165, 1.54) is 4.90 Å². The molecular weight excluding hydrogens is 280 g/mol. The van der Waals surface area contributed by atoms with Crippen LogP contribution in [0.3, 0.4) is 0 Å². The molecule has 2 atom stereocenters. The number of carbonyl (C=O) groups excluding carboxylic acids is 2. The number of hydrogen-bond acceptors (Lipinski definition) is 5. The van der Waals surface area contributed by atoms with Crippen LogP contribution >= 0.6 is 0 Å². The van der Waals surface area contributed by atoms with Crippen LogP contribution in [0.5, 0.6) is 0 Å². The average molecular weight is 302 g/mol. The summed E-state index contributed by atoms with van der Waals surface area (Å²) in [5.74, 6) is -1.72. The normalized spacial score (nSPS) is 21.5. The molecule has 0 saturated carbocycles. The highest BCUT2D eigenvalue weighted by Crippen LogP contribution is 2.21. The molecule has 2 N–H and O–H groups in total. The number of aliphatic carboxylic acids is 1. The monoisotopic (exact) mass is 302 g/mol. The van der Waals surface area contributed by atoms with Gasteiger partial charge in [0, 0.05) is 19.0 Å². The van der Waals surface area contributed by atoms with Crippen molar-refractivity contribution < 1.29 is 29.3 Å². The van der Waals surface area contributed by atoms with Gasteiger partial charge in [-0.15, -0.1) is 0 Å². The first kappa shape index (κ1) is 17.2. The summed E-state index contributed by atoms with van der Waals surface area (Å²) in [6.07, 6.45) is -0.876. The first-order chi connectivity index (χ1) is 9.77. The Morgan fingerprint density at radius 1 is 1.38 bits per heavy atom. The quantitative estimate of drug-likeness (QED) is 0.687. The van der Waals surface area contributed by atoms with Crippen molar-refractivity contribution in [1.29, 1.82) is 0 Å². The Hall–Kier alpha value is -1.83. The van der Waals surface area contributed by atoms with Crippen molar-refractivity contribution in [3.8, 4) is 0 Å². The number of aliphatic hydroxyl groups is 1. The van der Waals surface area contributed by atoms with E-state index in [4.69, 9.17) is 9.84 Å². The van der Waals surface area contributed by atoms with Crippen LogP contribution in [0.2, 0.25) is 0 Å². The van der Waals surface area contributed by atoms with E-state index >= 15 is 0 Å². The highest BCUT2D eigenvalue weighted by atomic mass is 16.5. The zero-order chi connectivity index (χ0) is 16.2. The van der Waals surface area contributed by atoms with Crippen LogP contribution < -0.4 is 0 Å². The molecule has 8 heteroatoms. The van der Waals surface area contributed by atoms with Crippen LogP contribution in [0, 0.1) is 0 Å². The molecule has 1 saturated heterocycles. The number of carboxylic acids is 1. The van der Waals surface area contributed by atoms with E-state index in [0.717, 1.165) is 4.90 Å². The summed E-state index contributed by atoms with van der Waals surface area (Å²) < 4.78 is 4.81. The molecule has 2 amide bonds. The third kappa shape index (κ3) is 4.32. The van der Waals surface area contributed by atoms with Crippen molar-refractivity contribution in [3.63, 3.8) is 0 Å². The number of carbonyl (C=O) groups is 3. The molecule has 0 aliphatic carbocycles. The molecule has 1 rings (SSSR count). The molecule has 21 heavy (non-hydrogen) atoms. The van der Waals surface area contributed by atoms with Gasteiger partial charge in [-0.2, -0.15) is 0 Å². The van der Waals surface area contributed by atoms with Crippen LogP contribution in [-0.2, 0) is 14.3 Å². The fraction of sp³-hybridized carbons (Fsp3) is 0.769. The number of amides is 2. The van der Waals surface area contributed by atoms with Crippen molar-refractivity contribution in [2.45, 2.75) is 45.4 Å². The third-order valence-corrected chi connectivity index (χ3v) is 3.28. The van der Waals surface area contributed by atoms with Gasteiger partial charge in [0.2, 0.25) is 0 Å². The van der Waals surface area contributed by atoms with Crippen molar-refractivity contribution in [3.05, 3.63) is 0 Å². The van der Waals surface area contributed by atoms with Crippen molar-refractivity contribution in [2.24, 2.45) is 0 Å². The van der Waals surface area contributed by atoms with E-state index in [9.17, 15) is 19.5 Å². The fourth-order valence-electron chi connectivity index (χ4n) is 2.24. The number of urea groups is 1. The summed E-state index contributed by atoms with van der Waals surface area (Å²) in [5, 5.41) is 18.7. The van der Waals surface area contributed by atoms with E-state index in [0.29, 0.717) is 0 Å². The second kappa shape index (κ2) is 7.26. The summed E-state index contributed by atoms with van der Waals surface area (Å²) >= 11 is 0. The number of nitrogens with zero attached hydrogens (tertiary/aromatic N) is 2. The van der Waals surface area contributed by atoms with Gasteiger partial charge in [0.15, 0.2) is 0 Å². The Kier molecular flexibility index (Phi) is 5.95. The zero-order valence-corrected chi connectivity index (χ0v) is 12.5. The standard InChI is InChI=1S/C13H22N2O6/c1-4-21-11(17)7-14(8(2)3)13(20)15-6-9(16)5-10(15)12(18)19/h8-10,16H,4-7H2,1-3H3,(H,18,19)/t9?,10-/m0/s1. The Morgan fingerprint density at radius 3 is 2.48 bits per heavy atom. The minimum Gasteiger partial charge on any atom is -0.480 e. The maximum absolute atomic E-state index is 12.5. The van der Waals surface area contributed by atoms with Crippen molar-refractivity contribution in [1.82, 2.24) is 9.80 Å². The fourth-order valence-corrected chi connectivity index (χ4v) is 2.24. The molecular formula is C13H22N2O6. The van der Waals surface area contributed by atoms with E-state index in [2.05, 4.69) is 0 Å². The smallest absolute Gasteiger partial charge is 0.326 e. The highest BCUT2D eigenvalue weighted by Gasteiger charge is 2.41. The lowest BCUT2D eigenvalue weighted by Gasteiger charge is -2.32. The van der Waals surface area contributed by atoms with Crippen LogP contribution in [0.15, 0.2) is 0 Å². The van der Waals surface area contributed by atoms with E-state index in [1.807, 2.05) is 0 Å². The molecule has 0 bridgehead atoms. The van der Waals surface area contributed by atoms with Crippen LogP contribution in [0.4, 0.5) is 4.79 Å². The molecule has 1 aliphatic heterocycles. The molecule has 0 aromatic heterocycles. The van der Waals surface area contributed by atoms with Crippen molar-refractivity contribution in [2.75, 3.05) is 19.7 Å². The Balaban J connectivity index is 2.85. The first-order valence-corrected chi connectivity index (χ1v) is 6.91. The number of likely N-dealkylation sites (tertiary alicyclic amines) is 1. The minimum atomic E-state index is -1.17. The largest absolute Gasteiger partial charge is 0.480 e. The van der Waals surface area contributed by atoms with Gasteiger partial charge in [-0.05, 0) is 20.8 Å². The molecule has 1 aliphatic rings. The van der Waals surface area contributed by atoms with Gasteiger partial charge in [-0.3, -0.25) is 4.79 Å². The number of β-amino-alcohol motifs (C(OH)–C–C–N with tert-alkyl or cyclic N) is 1. The lowest BCUT2D eigenvalue weighted by atomic mass is 10.2. The molecule has 0 aromatic carbocycles. The lowest BCUT2D eigenvalue weighted by Crippen LogP contribution is -2.52. The molecule has 1 fully saturated rings. The number of ether oxygens (including phenoxy) is 1. The van der Waals surface area contributed by atoms with Gasteiger partial charge in [0.05, 0.1) is 12.7 Å². The summed E-state index contributed by atoms with van der Waals surface area (Å²) in [4.78, 5) is 37.5. The Labute approximate surface area is 123 Å². The number of esters is 1. The van der Waals surface area contributed by atoms with Gasteiger partial charge in [0.1, 0.15) is 12.6 Å². The Morgan fingerprint density at radius 2 is 2.00 bits per heavy atom. The summed E-state index contributed by atoms with van der Waals surface area (Å²) in [5.41, 5.74) is 0. The topological polar surface area (TPSA) is 107 Å². The molecule has 0 radical (unpaired) electrons. The maximum atomic E-state index is 12.5. The molecule has 1 heterocycles. The SMILES string of the molecule is CCOC(=O)CN(C(=O)N1CC(O)C[C@H]1C(=O)O)C(C)C. The average Bonchev–Trinajstić information content (AvgIpc) is 2.77. The molecule has 0 spiro atoms. The maximum Gasteiger partial charge on any atom is 0.326 e. The number of rotatable bonds is 5. The molecule has 8 nitrogen and oxygen atoms in total. The number of hydrogen-bond donors (Lipinski definition) is 2. The van der Waals surface area contributed by atoms with Gasteiger partial charge < -0.3 is 24.7 Å². The predicted octanol–water partition coefficient (Wildman–Crippen LogP) is -0.100. The van der Waals surface area contributed by atoms with Gasteiger partial charge >= 0.3 is 18.0 Å². The molecule has 1 unspecified atom stereocenters. The van der Waals surface area contributed by atoms with Crippen molar-refractivity contribution >= 4 is 18.0 Å². The van der Waals surface area contributed by atoms with Crippen LogP contribution in [0.25, 0.3) is 0 Å². The lowest BCUT2D eigenvalue weighted by molar-refractivity contribution is -0.144. The summed E-state index contributed by atoms with van der Waals surface area (Å²) in [6, 6.07) is -1.95. The molecule has 0 aromatic rings. The van der Waals surface area contributed by atoms with Gasteiger partial charge in [0.25, 0.3) is 0 Å². The van der Waals surface area contributed by atoms with Gasteiger partial charge in [-0.25, -0.2) is 9.59 Å².